The van der Waals surface area contributed by atoms with Gasteiger partial charge in [-0.3, -0.25) is 29.0 Å². The number of imide groups is 1. The average molecular weight is 513 g/mol. The highest BCUT2D eigenvalue weighted by atomic mass is 16.2. The van der Waals surface area contributed by atoms with Gasteiger partial charge >= 0.3 is 0 Å². The summed E-state index contributed by atoms with van der Waals surface area (Å²) < 4.78 is 1.69. The molecule has 1 unspecified atom stereocenters. The summed E-state index contributed by atoms with van der Waals surface area (Å²) in [6.45, 7) is 4.89. The molecule has 3 aromatic rings. The summed E-state index contributed by atoms with van der Waals surface area (Å²) in [6.07, 6.45) is 3.62. The zero-order chi connectivity index (χ0) is 26.6. The summed E-state index contributed by atoms with van der Waals surface area (Å²) in [5.74, 6) is -0.760. The van der Waals surface area contributed by atoms with Crippen molar-refractivity contribution in [2.75, 3.05) is 13.1 Å². The molecule has 3 aliphatic heterocycles. The number of fused-ring (bicyclic) bond motifs is 4. The first-order valence-electron chi connectivity index (χ1n) is 13.5. The molecule has 2 fully saturated rings. The Bertz CT molecular complexity index is 1460. The molecule has 0 saturated carbocycles. The number of nitrogens with zero attached hydrogens (tertiary/aromatic N) is 3. The zero-order valence-electron chi connectivity index (χ0n) is 21.7. The second kappa shape index (κ2) is 9.51. The summed E-state index contributed by atoms with van der Waals surface area (Å²) in [4.78, 5) is 55.9. The molecule has 1 aromatic heterocycles. The Labute approximate surface area is 221 Å². The van der Waals surface area contributed by atoms with E-state index < -0.39 is 0 Å². The van der Waals surface area contributed by atoms with Gasteiger partial charge in [-0.05, 0) is 69.2 Å². The Kier molecular flexibility index (Phi) is 6.14. The van der Waals surface area contributed by atoms with Gasteiger partial charge in [-0.25, -0.2) is 0 Å². The fourth-order valence-corrected chi connectivity index (χ4v) is 6.64. The first-order valence-corrected chi connectivity index (χ1v) is 13.5. The van der Waals surface area contributed by atoms with E-state index >= 15 is 0 Å². The SMILES string of the molecule is CC(C)n1c(=O)c(C(=O)NC2C[C@H]3CC[C@@H](C2)N3CCN2C(=O)c3ccccc3C2=O)cc2ccccc21. The number of para-hydroxylation sites is 1. The van der Waals surface area contributed by atoms with Crippen molar-refractivity contribution < 1.29 is 14.4 Å². The van der Waals surface area contributed by atoms with Crippen LogP contribution in [0.5, 0.6) is 0 Å². The normalized spacial score (nSPS) is 22.9. The average Bonchev–Trinajstić information content (AvgIpc) is 3.29. The highest BCUT2D eigenvalue weighted by molar-refractivity contribution is 6.21. The monoisotopic (exact) mass is 512 g/mol. The molecule has 2 saturated heterocycles. The second-order valence-corrected chi connectivity index (χ2v) is 11.0. The minimum atomic E-state index is -0.320. The van der Waals surface area contributed by atoms with E-state index in [9.17, 15) is 19.2 Å². The van der Waals surface area contributed by atoms with Crippen molar-refractivity contribution >= 4 is 28.6 Å². The molecule has 2 aromatic carbocycles. The van der Waals surface area contributed by atoms with Crippen molar-refractivity contribution in [2.45, 2.75) is 63.7 Å². The number of nitrogens with one attached hydrogen (secondary N) is 1. The van der Waals surface area contributed by atoms with Crippen LogP contribution < -0.4 is 10.9 Å². The van der Waals surface area contributed by atoms with E-state index in [-0.39, 0.29) is 53.0 Å². The van der Waals surface area contributed by atoms with E-state index in [4.69, 9.17) is 0 Å². The lowest BCUT2D eigenvalue weighted by Crippen LogP contribution is -2.52. The van der Waals surface area contributed by atoms with Crippen LogP contribution in [0.3, 0.4) is 0 Å². The molecule has 0 radical (unpaired) electrons. The van der Waals surface area contributed by atoms with Crippen LogP contribution >= 0.6 is 0 Å². The lowest BCUT2D eigenvalue weighted by atomic mass is 9.96. The Morgan fingerprint density at radius 1 is 0.895 bits per heavy atom. The van der Waals surface area contributed by atoms with Gasteiger partial charge in [0, 0.05) is 37.3 Å². The van der Waals surface area contributed by atoms with Crippen molar-refractivity contribution in [3.05, 3.63) is 81.6 Å². The lowest BCUT2D eigenvalue weighted by Gasteiger charge is -2.39. The molecule has 8 heteroatoms. The predicted octanol–water partition coefficient (Wildman–Crippen LogP) is 3.60. The molecule has 6 rings (SSSR count). The van der Waals surface area contributed by atoms with Crippen molar-refractivity contribution in [3.8, 4) is 0 Å². The predicted molar refractivity (Wildman–Crippen MR) is 144 cm³/mol. The third-order valence-electron chi connectivity index (χ3n) is 8.39. The van der Waals surface area contributed by atoms with Gasteiger partial charge in [-0.15, -0.1) is 0 Å². The Morgan fingerprint density at radius 3 is 2.13 bits per heavy atom. The van der Waals surface area contributed by atoms with Crippen LogP contribution in [0.15, 0.2) is 59.4 Å². The van der Waals surface area contributed by atoms with Crippen molar-refractivity contribution in [2.24, 2.45) is 0 Å². The highest BCUT2D eigenvalue weighted by Crippen LogP contribution is 2.36. The Balaban J connectivity index is 1.13. The van der Waals surface area contributed by atoms with E-state index in [0.29, 0.717) is 24.2 Å². The fourth-order valence-electron chi connectivity index (χ4n) is 6.64. The molecule has 2 bridgehead atoms. The maximum absolute atomic E-state index is 13.3. The summed E-state index contributed by atoms with van der Waals surface area (Å²) in [5, 5.41) is 4.02. The number of rotatable bonds is 6. The maximum Gasteiger partial charge on any atom is 0.264 e. The van der Waals surface area contributed by atoms with Crippen LogP contribution in [0.4, 0.5) is 0 Å². The molecular formula is C30H32N4O4. The maximum atomic E-state index is 13.3. The molecule has 38 heavy (non-hydrogen) atoms. The van der Waals surface area contributed by atoms with E-state index in [0.717, 1.165) is 36.6 Å². The van der Waals surface area contributed by atoms with Crippen LogP contribution in [0, 0.1) is 0 Å². The van der Waals surface area contributed by atoms with Crippen LogP contribution in [0.2, 0.25) is 0 Å². The van der Waals surface area contributed by atoms with E-state index in [1.54, 1.807) is 34.9 Å². The van der Waals surface area contributed by atoms with Gasteiger partial charge in [0.15, 0.2) is 0 Å². The number of carbonyl (C=O) groups excluding carboxylic acids is 3. The lowest BCUT2D eigenvalue weighted by molar-refractivity contribution is 0.0576. The number of benzene rings is 2. The summed E-state index contributed by atoms with van der Waals surface area (Å²) in [6, 6.07) is 16.8. The molecule has 3 amide bonds. The molecule has 3 aliphatic rings. The molecule has 1 N–H and O–H groups in total. The van der Waals surface area contributed by atoms with Gasteiger partial charge in [0.05, 0.1) is 16.6 Å². The summed E-state index contributed by atoms with van der Waals surface area (Å²) >= 11 is 0. The Hall–Kier alpha value is -3.78. The van der Waals surface area contributed by atoms with Crippen LogP contribution in [-0.4, -0.2) is 63.3 Å². The van der Waals surface area contributed by atoms with Crippen molar-refractivity contribution in [3.63, 3.8) is 0 Å². The van der Waals surface area contributed by atoms with Gasteiger partial charge in [-0.1, -0.05) is 30.3 Å². The first-order chi connectivity index (χ1) is 18.3. The van der Waals surface area contributed by atoms with Crippen LogP contribution in [0.25, 0.3) is 10.9 Å². The Morgan fingerprint density at radius 2 is 1.50 bits per heavy atom. The minimum Gasteiger partial charge on any atom is -0.349 e. The third kappa shape index (κ3) is 4.04. The first kappa shape index (κ1) is 24.6. The minimum absolute atomic E-state index is 0.0195. The quantitative estimate of drug-likeness (QED) is 0.510. The largest absolute Gasteiger partial charge is 0.349 e. The standard InChI is InChI=1S/C30H32N4O4/c1-18(2)34-26-10-6-3-7-19(26)15-25(30(34)38)27(35)31-20-16-21-11-12-22(17-20)32(21)13-14-33-28(36)23-8-4-5-9-24(23)29(33)37/h3-10,15,18,20-22H,11-14,16-17H2,1-2H3,(H,31,35)/t20?,21-,22+. The van der Waals surface area contributed by atoms with E-state index in [1.165, 1.54) is 4.90 Å². The van der Waals surface area contributed by atoms with Gasteiger partial charge in [0.25, 0.3) is 23.3 Å². The number of amides is 3. The third-order valence-corrected chi connectivity index (χ3v) is 8.39. The zero-order valence-corrected chi connectivity index (χ0v) is 21.7. The summed E-state index contributed by atoms with van der Waals surface area (Å²) in [5.41, 5.74) is 1.70. The van der Waals surface area contributed by atoms with Crippen molar-refractivity contribution in [1.29, 1.82) is 0 Å². The van der Waals surface area contributed by atoms with Crippen molar-refractivity contribution in [1.82, 2.24) is 19.7 Å². The van der Waals surface area contributed by atoms with Crippen LogP contribution in [0.1, 0.15) is 76.6 Å². The number of hydrogen-bond acceptors (Lipinski definition) is 5. The van der Waals surface area contributed by atoms with E-state index in [2.05, 4.69) is 10.2 Å². The van der Waals surface area contributed by atoms with Gasteiger partial charge in [-0.2, -0.15) is 0 Å². The molecular weight excluding hydrogens is 480 g/mol. The number of carbonyl (C=O) groups is 3. The highest BCUT2D eigenvalue weighted by Gasteiger charge is 2.42. The number of pyridine rings is 1. The second-order valence-electron chi connectivity index (χ2n) is 11.0. The topological polar surface area (TPSA) is 91.7 Å². The summed E-state index contributed by atoms with van der Waals surface area (Å²) in [7, 11) is 0. The molecule has 8 nitrogen and oxygen atoms in total. The number of hydrogen-bond donors (Lipinski definition) is 1. The van der Waals surface area contributed by atoms with Crippen LogP contribution in [-0.2, 0) is 0 Å². The van der Waals surface area contributed by atoms with Gasteiger partial charge in [0.2, 0.25) is 0 Å². The van der Waals surface area contributed by atoms with Gasteiger partial charge < -0.3 is 9.88 Å². The fraction of sp³-hybridized carbons (Fsp3) is 0.400. The van der Waals surface area contributed by atoms with E-state index in [1.807, 2.05) is 38.1 Å². The smallest absolute Gasteiger partial charge is 0.264 e. The molecule has 4 heterocycles. The molecule has 196 valence electrons. The molecule has 0 aliphatic carbocycles. The number of aromatic nitrogens is 1. The molecule has 0 spiro atoms. The number of piperidine rings is 1. The van der Waals surface area contributed by atoms with Gasteiger partial charge in [0.1, 0.15) is 5.56 Å². The molecule has 3 atom stereocenters.